The van der Waals surface area contributed by atoms with Crippen molar-refractivity contribution < 1.29 is 24.4 Å². The smallest absolute Gasteiger partial charge is 0.365 e. The van der Waals surface area contributed by atoms with E-state index in [9.17, 15) is 4.79 Å². The minimum Gasteiger partial charge on any atom is -0.394 e. The Hall–Kier alpha value is -0.910. The van der Waals surface area contributed by atoms with Gasteiger partial charge >= 0.3 is 5.97 Å². The first-order chi connectivity index (χ1) is 5.81. The van der Waals surface area contributed by atoms with Gasteiger partial charge in [-0.15, -0.1) is 0 Å². The van der Waals surface area contributed by atoms with Gasteiger partial charge in [-0.25, -0.2) is 4.79 Å². The van der Waals surface area contributed by atoms with Crippen LogP contribution in [0.3, 0.4) is 0 Å². The van der Waals surface area contributed by atoms with Gasteiger partial charge in [-0.1, -0.05) is 6.58 Å². The third kappa shape index (κ3) is 7.20. The van der Waals surface area contributed by atoms with Crippen LogP contribution in [0.4, 0.5) is 0 Å². The molecule has 0 fully saturated rings. The molecule has 5 nitrogen and oxygen atoms in total. The summed E-state index contributed by atoms with van der Waals surface area (Å²) in [6.07, 6.45) is 0.995. The number of aliphatic hydroxyl groups excluding tert-OH is 1. The second-order valence-corrected chi connectivity index (χ2v) is 1.76. The summed E-state index contributed by atoms with van der Waals surface area (Å²) in [4.78, 5) is 18.9. The van der Waals surface area contributed by atoms with E-state index in [0.29, 0.717) is 0 Å². The molecule has 5 heteroatoms. The molecule has 1 N–H and O–H groups in total. The minimum atomic E-state index is -0.642. The minimum absolute atomic E-state index is 0.0353. The quantitative estimate of drug-likeness (QED) is 0.249. The van der Waals surface area contributed by atoms with Gasteiger partial charge in [0.05, 0.1) is 19.8 Å². The molecule has 0 aromatic heterocycles. The van der Waals surface area contributed by atoms with E-state index >= 15 is 0 Å². The average Bonchev–Trinajstić information content (AvgIpc) is 2.10. The fourth-order valence-electron chi connectivity index (χ4n) is 0.393. The Balaban J connectivity index is 3.00. The number of ether oxygens (including phenoxy) is 1. The van der Waals surface area contributed by atoms with E-state index < -0.39 is 5.97 Å². The molecule has 0 rings (SSSR count). The van der Waals surface area contributed by atoms with Crippen LogP contribution < -0.4 is 0 Å². The zero-order chi connectivity index (χ0) is 9.23. The number of rotatable bonds is 7. The molecule has 0 saturated carbocycles. The Morgan fingerprint density at radius 2 is 2.17 bits per heavy atom. The number of carbonyl (C=O) groups is 1. The van der Waals surface area contributed by atoms with Crippen molar-refractivity contribution in [1.82, 2.24) is 0 Å². The van der Waals surface area contributed by atoms with Gasteiger partial charge in [-0.2, -0.15) is 4.89 Å². The number of carbonyl (C=O) groups excluding carboxylic acids is 1. The van der Waals surface area contributed by atoms with Crippen LogP contribution in [0.25, 0.3) is 0 Å². The molecule has 0 spiro atoms. The standard InChI is InChI=1S/C7H12O5/c1-2-7(9)12-11-6-5-10-4-3-8/h2,8H,1,3-6H2. The molecule has 0 aliphatic heterocycles. The Kier molecular flexibility index (Phi) is 7.57. The third-order valence-electron chi connectivity index (χ3n) is 0.854. The molecule has 0 radical (unpaired) electrons. The summed E-state index contributed by atoms with van der Waals surface area (Å²) in [7, 11) is 0. The molecule has 12 heavy (non-hydrogen) atoms. The van der Waals surface area contributed by atoms with Gasteiger partial charge in [-0.3, -0.25) is 4.89 Å². The lowest BCUT2D eigenvalue weighted by Crippen LogP contribution is -2.09. The number of hydrogen-bond donors (Lipinski definition) is 1. The van der Waals surface area contributed by atoms with Crippen molar-refractivity contribution in [2.24, 2.45) is 0 Å². The lowest BCUT2D eigenvalue weighted by molar-refractivity contribution is -0.271. The van der Waals surface area contributed by atoms with Crippen LogP contribution in [-0.2, 0) is 19.3 Å². The zero-order valence-corrected chi connectivity index (χ0v) is 6.69. The first kappa shape index (κ1) is 11.1. The third-order valence-corrected chi connectivity index (χ3v) is 0.854. The summed E-state index contributed by atoms with van der Waals surface area (Å²) < 4.78 is 4.81. The molecule has 0 aliphatic carbocycles. The second-order valence-electron chi connectivity index (χ2n) is 1.76. The van der Waals surface area contributed by atoms with Crippen molar-refractivity contribution in [1.29, 1.82) is 0 Å². The molecule has 0 heterocycles. The molecule has 70 valence electrons. The molecule has 0 aromatic rings. The highest BCUT2D eigenvalue weighted by Crippen LogP contribution is 1.82. The maximum atomic E-state index is 10.4. The van der Waals surface area contributed by atoms with Crippen molar-refractivity contribution in [3.63, 3.8) is 0 Å². The van der Waals surface area contributed by atoms with Crippen molar-refractivity contribution in [3.05, 3.63) is 12.7 Å². The fraction of sp³-hybridized carbons (Fsp3) is 0.571. The topological polar surface area (TPSA) is 65.0 Å². The van der Waals surface area contributed by atoms with Crippen LogP contribution in [0.1, 0.15) is 0 Å². The van der Waals surface area contributed by atoms with Gasteiger partial charge in [0.25, 0.3) is 0 Å². The van der Waals surface area contributed by atoms with Crippen molar-refractivity contribution in [2.45, 2.75) is 0 Å². The Morgan fingerprint density at radius 3 is 2.75 bits per heavy atom. The average molecular weight is 176 g/mol. The highest BCUT2D eigenvalue weighted by atomic mass is 17.2. The predicted molar refractivity (Wildman–Crippen MR) is 40.1 cm³/mol. The van der Waals surface area contributed by atoms with Crippen LogP contribution in [0.15, 0.2) is 12.7 Å². The number of hydrogen-bond acceptors (Lipinski definition) is 5. The van der Waals surface area contributed by atoms with Crippen molar-refractivity contribution in [2.75, 3.05) is 26.4 Å². The van der Waals surface area contributed by atoms with Crippen LogP contribution in [0.2, 0.25) is 0 Å². The summed E-state index contributed by atoms with van der Waals surface area (Å²) >= 11 is 0. The summed E-state index contributed by atoms with van der Waals surface area (Å²) in [6, 6.07) is 0. The monoisotopic (exact) mass is 176 g/mol. The summed E-state index contributed by atoms with van der Waals surface area (Å²) in [5, 5.41) is 8.28. The van der Waals surface area contributed by atoms with Gasteiger partial charge in [0.2, 0.25) is 0 Å². The van der Waals surface area contributed by atoms with E-state index in [-0.39, 0.29) is 26.4 Å². The van der Waals surface area contributed by atoms with E-state index in [1.165, 1.54) is 0 Å². The first-order valence-corrected chi connectivity index (χ1v) is 3.45. The van der Waals surface area contributed by atoms with Gasteiger partial charge in [0.15, 0.2) is 0 Å². The van der Waals surface area contributed by atoms with Gasteiger partial charge < -0.3 is 9.84 Å². The highest BCUT2D eigenvalue weighted by Gasteiger charge is 1.95. The maximum Gasteiger partial charge on any atom is 0.365 e. The van der Waals surface area contributed by atoms with Crippen molar-refractivity contribution >= 4 is 5.97 Å². The van der Waals surface area contributed by atoms with Gasteiger partial charge in [0, 0.05) is 6.08 Å². The van der Waals surface area contributed by atoms with E-state index in [0.717, 1.165) is 6.08 Å². The fourth-order valence-corrected chi connectivity index (χ4v) is 0.393. The SMILES string of the molecule is C=CC(=O)OOCCOCCO. The lowest BCUT2D eigenvalue weighted by atomic mass is 10.7. The molecule has 0 bridgehead atoms. The Labute approximate surface area is 70.5 Å². The molecule has 0 atom stereocenters. The second kappa shape index (κ2) is 8.19. The van der Waals surface area contributed by atoms with Crippen LogP contribution in [-0.4, -0.2) is 37.5 Å². The first-order valence-electron chi connectivity index (χ1n) is 3.45. The zero-order valence-electron chi connectivity index (χ0n) is 6.69. The Bertz CT molecular complexity index is 134. The number of aliphatic hydroxyl groups is 1. The molecular weight excluding hydrogens is 164 g/mol. The highest BCUT2D eigenvalue weighted by molar-refractivity contribution is 5.80. The largest absolute Gasteiger partial charge is 0.394 e. The molecule has 0 amide bonds. The van der Waals surface area contributed by atoms with Crippen molar-refractivity contribution in [3.8, 4) is 0 Å². The van der Waals surface area contributed by atoms with E-state index in [4.69, 9.17) is 9.84 Å². The maximum absolute atomic E-state index is 10.4. The van der Waals surface area contributed by atoms with E-state index in [2.05, 4.69) is 16.4 Å². The molecule has 0 saturated heterocycles. The van der Waals surface area contributed by atoms with E-state index in [1.807, 2.05) is 0 Å². The van der Waals surface area contributed by atoms with Crippen LogP contribution >= 0.6 is 0 Å². The summed E-state index contributed by atoms with van der Waals surface area (Å²) in [5.41, 5.74) is 0. The van der Waals surface area contributed by atoms with Crippen LogP contribution in [0.5, 0.6) is 0 Å². The lowest BCUT2D eigenvalue weighted by Gasteiger charge is -2.01. The predicted octanol–water partition coefficient (Wildman–Crippen LogP) is -0.344. The molecular formula is C7H12O5. The molecule has 0 aromatic carbocycles. The summed E-state index contributed by atoms with van der Waals surface area (Å²) in [6.45, 7) is 3.79. The van der Waals surface area contributed by atoms with E-state index in [1.54, 1.807) is 0 Å². The molecule has 0 unspecified atom stereocenters. The Morgan fingerprint density at radius 1 is 1.42 bits per heavy atom. The van der Waals surface area contributed by atoms with Gasteiger partial charge in [0.1, 0.15) is 6.61 Å². The van der Waals surface area contributed by atoms with Crippen LogP contribution in [0, 0.1) is 0 Å². The summed E-state index contributed by atoms with van der Waals surface area (Å²) in [5.74, 6) is -0.642. The molecule has 0 aliphatic rings. The van der Waals surface area contributed by atoms with Gasteiger partial charge in [-0.05, 0) is 0 Å². The normalized spacial score (nSPS) is 9.42.